The molecule has 0 aliphatic heterocycles. The van der Waals surface area contributed by atoms with Gasteiger partial charge in [0.25, 0.3) is 0 Å². The molecule has 112 valence electrons. The summed E-state index contributed by atoms with van der Waals surface area (Å²) in [5.74, 6) is 0.731. The summed E-state index contributed by atoms with van der Waals surface area (Å²) >= 11 is 1.70. The normalized spacial score (nSPS) is 15.4. The third-order valence-corrected chi connectivity index (χ3v) is 4.03. The van der Waals surface area contributed by atoms with Crippen LogP contribution in [0.1, 0.15) is 38.2 Å². The number of rotatable bonds is 8. The topological polar surface area (TPSA) is 49.3 Å². The molecule has 3 nitrogen and oxygen atoms in total. The number of hydrogen-bond acceptors (Lipinski definition) is 3. The zero-order chi connectivity index (χ0) is 15.0. The number of carbonyl (C=O) groups excluding carboxylic acids is 1. The summed E-state index contributed by atoms with van der Waals surface area (Å²) in [6.45, 7) is 4.08. The second-order valence-corrected chi connectivity index (χ2v) is 6.31. The summed E-state index contributed by atoms with van der Waals surface area (Å²) in [5, 5.41) is 13.1. The number of benzene rings is 1. The van der Waals surface area contributed by atoms with Crippen molar-refractivity contribution in [1.82, 2.24) is 5.32 Å². The highest BCUT2D eigenvalue weighted by Gasteiger charge is 2.24. The van der Waals surface area contributed by atoms with Gasteiger partial charge < -0.3 is 10.4 Å². The van der Waals surface area contributed by atoms with E-state index in [1.165, 1.54) is 0 Å². The van der Waals surface area contributed by atoms with Crippen molar-refractivity contribution in [3.8, 4) is 0 Å². The van der Waals surface area contributed by atoms with Crippen molar-refractivity contribution >= 4 is 17.7 Å². The van der Waals surface area contributed by atoms with Gasteiger partial charge in [0.15, 0.2) is 0 Å². The smallest absolute Gasteiger partial charge is 0.227 e. The van der Waals surface area contributed by atoms with Crippen LogP contribution in [0.4, 0.5) is 0 Å². The van der Waals surface area contributed by atoms with Gasteiger partial charge in [0.2, 0.25) is 5.91 Å². The van der Waals surface area contributed by atoms with Crippen LogP contribution in [-0.4, -0.2) is 35.2 Å². The molecule has 0 aliphatic carbocycles. The molecule has 0 bridgehead atoms. The van der Waals surface area contributed by atoms with Crippen LogP contribution in [-0.2, 0) is 4.79 Å². The van der Waals surface area contributed by atoms with E-state index in [0.29, 0.717) is 13.0 Å². The number of amides is 1. The molecule has 0 unspecified atom stereocenters. The monoisotopic (exact) mass is 295 g/mol. The van der Waals surface area contributed by atoms with Gasteiger partial charge in [-0.05, 0) is 37.3 Å². The van der Waals surface area contributed by atoms with Gasteiger partial charge in [0.05, 0.1) is 11.5 Å². The fraction of sp³-hybridized carbons (Fsp3) is 0.562. The van der Waals surface area contributed by atoms with Crippen molar-refractivity contribution in [2.24, 2.45) is 0 Å². The Morgan fingerprint density at radius 2 is 2.05 bits per heavy atom. The SMILES string of the molecule is CC[C@H](C(=O)NC[C@@](C)(O)CCSC)c1ccccc1. The maximum atomic E-state index is 12.3. The summed E-state index contributed by atoms with van der Waals surface area (Å²) in [7, 11) is 0. The van der Waals surface area contributed by atoms with E-state index >= 15 is 0 Å². The molecule has 1 aromatic carbocycles. The van der Waals surface area contributed by atoms with Crippen LogP contribution in [0.3, 0.4) is 0 Å². The standard InChI is InChI=1S/C16H25NO2S/c1-4-14(13-8-6-5-7-9-13)15(18)17-12-16(2,19)10-11-20-3/h5-9,14,19H,4,10-12H2,1-3H3,(H,17,18)/t14-,16-/m0/s1. The third-order valence-electron chi connectivity index (χ3n) is 3.41. The van der Waals surface area contributed by atoms with E-state index in [4.69, 9.17) is 0 Å². The number of carbonyl (C=O) groups is 1. The van der Waals surface area contributed by atoms with Gasteiger partial charge in [-0.15, -0.1) is 0 Å². The van der Waals surface area contributed by atoms with E-state index < -0.39 is 5.60 Å². The zero-order valence-corrected chi connectivity index (χ0v) is 13.4. The summed E-state index contributed by atoms with van der Waals surface area (Å²) in [5.41, 5.74) is 0.185. The van der Waals surface area contributed by atoms with E-state index in [1.54, 1.807) is 18.7 Å². The molecular weight excluding hydrogens is 270 g/mol. The van der Waals surface area contributed by atoms with Gasteiger partial charge in [0.1, 0.15) is 0 Å². The largest absolute Gasteiger partial charge is 0.388 e. The number of nitrogens with one attached hydrogen (secondary N) is 1. The van der Waals surface area contributed by atoms with Gasteiger partial charge in [0, 0.05) is 6.54 Å². The van der Waals surface area contributed by atoms with Crippen LogP contribution in [0.25, 0.3) is 0 Å². The van der Waals surface area contributed by atoms with E-state index in [-0.39, 0.29) is 11.8 Å². The molecule has 1 amide bonds. The lowest BCUT2D eigenvalue weighted by Crippen LogP contribution is -2.42. The second-order valence-electron chi connectivity index (χ2n) is 5.33. The van der Waals surface area contributed by atoms with Crippen molar-refractivity contribution in [1.29, 1.82) is 0 Å². The minimum atomic E-state index is -0.840. The first-order chi connectivity index (χ1) is 9.50. The van der Waals surface area contributed by atoms with Crippen molar-refractivity contribution in [3.63, 3.8) is 0 Å². The Morgan fingerprint density at radius 3 is 2.60 bits per heavy atom. The Hall–Kier alpha value is -1.00. The van der Waals surface area contributed by atoms with Gasteiger partial charge >= 0.3 is 0 Å². The number of hydrogen-bond donors (Lipinski definition) is 2. The Morgan fingerprint density at radius 1 is 1.40 bits per heavy atom. The Kier molecular flexibility index (Phi) is 7.10. The lowest BCUT2D eigenvalue weighted by Gasteiger charge is -2.25. The van der Waals surface area contributed by atoms with Crippen LogP contribution < -0.4 is 5.32 Å². The summed E-state index contributed by atoms with van der Waals surface area (Å²) in [4.78, 5) is 12.3. The molecule has 0 aliphatic rings. The highest BCUT2D eigenvalue weighted by atomic mass is 32.2. The first-order valence-electron chi connectivity index (χ1n) is 7.04. The molecule has 0 heterocycles. The molecule has 20 heavy (non-hydrogen) atoms. The maximum Gasteiger partial charge on any atom is 0.227 e. The molecule has 2 N–H and O–H groups in total. The van der Waals surface area contributed by atoms with Crippen LogP contribution in [0.5, 0.6) is 0 Å². The maximum absolute atomic E-state index is 12.3. The zero-order valence-electron chi connectivity index (χ0n) is 12.6. The molecule has 1 aromatic rings. The minimum Gasteiger partial charge on any atom is -0.388 e. The summed E-state index contributed by atoms with van der Waals surface area (Å²) in [6, 6.07) is 9.78. The van der Waals surface area contributed by atoms with E-state index in [2.05, 4.69) is 5.32 Å². The molecule has 0 spiro atoms. The molecule has 2 atom stereocenters. The van der Waals surface area contributed by atoms with Crippen LogP contribution in [0.15, 0.2) is 30.3 Å². The summed E-state index contributed by atoms with van der Waals surface area (Å²) < 4.78 is 0. The predicted molar refractivity (Wildman–Crippen MR) is 86.1 cm³/mol. The molecule has 0 aromatic heterocycles. The van der Waals surface area contributed by atoms with Crippen molar-refractivity contribution in [2.45, 2.75) is 38.2 Å². The van der Waals surface area contributed by atoms with Gasteiger partial charge in [-0.3, -0.25) is 4.79 Å². The molecule has 0 saturated heterocycles. The van der Waals surface area contributed by atoms with Crippen molar-refractivity contribution in [2.75, 3.05) is 18.6 Å². The Labute approximate surface area is 126 Å². The van der Waals surface area contributed by atoms with E-state index in [9.17, 15) is 9.90 Å². The molecule has 0 radical (unpaired) electrons. The molecular formula is C16H25NO2S. The highest BCUT2D eigenvalue weighted by molar-refractivity contribution is 7.98. The van der Waals surface area contributed by atoms with Crippen molar-refractivity contribution < 1.29 is 9.90 Å². The second kappa shape index (κ2) is 8.32. The van der Waals surface area contributed by atoms with Crippen molar-refractivity contribution in [3.05, 3.63) is 35.9 Å². The number of aliphatic hydroxyl groups is 1. The Bertz CT molecular complexity index is 406. The molecule has 1 rings (SSSR count). The molecule has 4 heteroatoms. The fourth-order valence-electron chi connectivity index (χ4n) is 2.07. The van der Waals surface area contributed by atoms with Crippen LogP contribution in [0.2, 0.25) is 0 Å². The highest BCUT2D eigenvalue weighted by Crippen LogP contribution is 2.20. The minimum absolute atomic E-state index is 0.0110. The van der Waals surface area contributed by atoms with E-state index in [1.807, 2.05) is 43.5 Å². The lowest BCUT2D eigenvalue weighted by molar-refractivity contribution is -0.123. The molecule has 0 fully saturated rings. The van der Waals surface area contributed by atoms with Gasteiger partial charge in [-0.1, -0.05) is 37.3 Å². The lowest BCUT2D eigenvalue weighted by atomic mass is 9.95. The fourth-order valence-corrected chi connectivity index (χ4v) is 2.71. The average molecular weight is 295 g/mol. The molecule has 0 saturated carbocycles. The average Bonchev–Trinajstić information content (AvgIpc) is 2.45. The van der Waals surface area contributed by atoms with Crippen LogP contribution >= 0.6 is 11.8 Å². The number of thioether (sulfide) groups is 1. The quantitative estimate of drug-likeness (QED) is 0.775. The third kappa shape index (κ3) is 5.55. The van der Waals surface area contributed by atoms with Crippen LogP contribution in [0, 0.1) is 0 Å². The predicted octanol–water partition coefficient (Wildman–Crippen LogP) is 2.80. The van der Waals surface area contributed by atoms with Gasteiger partial charge in [-0.2, -0.15) is 11.8 Å². The van der Waals surface area contributed by atoms with E-state index in [0.717, 1.165) is 17.7 Å². The summed E-state index contributed by atoms with van der Waals surface area (Å²) in [6.07, 6.45) is 3.44. The first-order valence-corrected chi connectivity index (χ1v) is 8.43. The first kappa shape index (κ1) is 17.1. The Balaban J connectivity index is 2.56. The van der Waals surface area contributed by atoms with Gasteiger partial charge in [-0.25, -0.2) is 0 Å².